The van der Waals surface area contributed by atoms with Crippen LogP contribution >= 0.6 is 0 Å². The summed E-state index contributed by atoms with van der Waals surface area (Å²) in [5, 5.41) is 0. The van der Waals surface area contributed by atoms with Gasteiger partial charge in [0.1, 0.15) is 0 Å². The highest BCUT2D eigenvalue weighted by atomic mass is 19.4. The number of alkyl halides is 6. The summed E-state index contributed by atoms with van der Waals surface area (Å²) in [6.07, 6.45) is -7.61. The van der Waals surface area contributed by atoms with Gasteiger partial charge in [-0.25, -0.2) is 0 Å². The summed E-state index contributed by atoms with van der Waals surface area (Å²) in [6.45, 7) is 3.40. The fraction of sp³-hybridized carbons (Fsp3) is 0.385. The lowest BCUT2D eigenvalue weighted by Crippen LogP contribution is -2.19. The summed E-state index contributed by atoms with van der Waals surface area (Å²) in [4.78, 5) is 0. The van der Waals surface area contributed by atoms with E-state index >= 15 is 0 Å². The van der Waals surface area contributed by atoms with Crippen LogP contribution in [0.2, 0.25) is 0 Å². The molecule has 0 aliphatic heterocycles. The van der Waals surface area contributed by atoms with E-state index in [0.29, 0.717) is 24.6 Å². The van der Waals surface area contributed by atoms with Crippen molar-refractivity contribution in [2.24, 2.45) is 5.73 Å². The van der Waals surface area contributed by atoms with Gasteiger partial charge in [0, 0.05) is 6.04 Å². The molecule has 0 aromatic heterocycles. The molecule has 1 aromatic carbocycles. The van der Waals surface area contributed by atoms with Crippen LogP contribution in [-0.2, 0) is 12.4 Å². The minimum Gasteiger partial charge on any atom is -0.324 e. The van der Waals surface area contributed by atoms with Crippen molar-refractivity contribution in [3.05, 3.63) is 47.5 Å². The summed E-state index contributed by atoms with van der Waals surface area (Å²) in [7, 11) is 0. The number of allylic oxidation sites excluding steroid dienone is 1. The number of benzene rings is 1. The third-order valence-electron chi connectivity index (χ3n) is 2.77. The van der Waals surface area contributed by atoms with Crippen LogP contribution < -0.4 is 5.73 Å². The molecule has 0 aliphatic rings. The van der Waals surface area contributed by atoms with Crippen LogP contribution in [0.5, 0.6) is 0 Å². The molecule has 2 N–H and O–H groups in total. The van der Waals surface area contributed by atoms with Gasteiger partial charge in [0.25, 0.3) is 0 Å². The third-order valence-corrected chi connectivity index (χ3v) is 2.77. The highest BCUT2D eigenvalue weighted by molar-refractivity contribution is 5.37. The molecule has 0 spiro atoms. The fourth-order valence-electron chi connectivity index (χ4n) is 1.76. The molecule has 20 heavy (non-hydrogen) atoms. The van der Waals surface area contributed by atoms with Gasteiger partial charge >= 0.3 is 12.4 Å². The van der Waals surface area contributed by atoms with Gasteiger partial charge in [0.05, 0.1) is 11.1 Å². The van der Waals surface area contributed by atoms with E-state index in [1.54, 1.807) is 0 Å². The first-order valence-corrected chi connectivity index (χ1v) is 5.72. The number of hydrogen-bond acceptors (Lipinski definition) is 1. The molecule has 0 saturated carbocycles. The largest absolute Gasteiger partial charge is 0.416 e. The molecule has 1 rings (SSSR count). The summed E-state index contributed by atoms with van der Waals surface area (Å²) in [5.74, 6) is 0. The number of halogens is 6. The summed E-state index contributed by atoms with van der Waals surface area (Å²) in [5.41, 5.74) is 2.75. The van der Waals surface area contributed by atoms with Crippen LogP contribution in [0.4, 0.5) is 26.3 Å². The van der Waals surface area contributed by atoms with Crippen molar-refractivity contribution in [2.75, 3.05) is 0 Å². The first-order chi connectivity index (χ1) is 9.07. The Morgan fingerprint density at radius 2 is 1.70 bits per heavy atom. The van der Waals surface area contributed by atoms with Crippen molar-refractivity contribution in [3.8, 4) is 0 Å². The Morgan fingerprint density at radius 3 is 2.15 bits per heavy atom. The minimum atomic E-state index is -4.74. The molecule has 0 fully saturated rings. The Kier molecular flexibility index (Phi) is 4.86. The highest BCUT2D eigenvalue weighted by Crippen LogP contribution is 2.38. The van der Waals surface area contributed by atoms with E-state index < -0.39 is 35.1 Å². The Morgan fingerprint density at radius 1 is 1.10 bits per heavy atom. The van der Waals surface area contributed by atoms with E-state index in [4.69, 9.17) is 5.73 Å². The molecule has 0 heterocycles. The maximum absolute atomic E-state index is 12.8. The molecule has 1 nitrogen and oxygen atoms in total. The molecule has 0 unspecified atom stereocenters. The molecule has 1 aromatic rings. The Balaban J connectivity index is 3.30. The molecule has 112 valence electrons. The zero-order valence-electron chi connectivity index (χ0n) is 10.4. The van der Waals surface area contributed by atoms with Crippen LogP contribution in [0.25, 0.3) is 0 Å². The Hall–Kier alpha value is -1.50. The first kappa shape index (κ1) is 16.6. The number of nitrogens with two attached hydrogens (primary N) is 1. The summed E-state index contributed by atoms with van der Waals surface area (Å²) >= 11 is 0. The number of rotatable bonds is 4. The lowest BCUT2D eigenvalue weighted by Gasteiger charge is -2.20. The molecule has 0 amide bonds. The van der Waals surface area contributed by atoms with Gasteiger partial charge in [-0.2, -0.15) is 26.3 Å². The molecule has 7 heteroatoms. The maximum atomic E-state index is 12.8. The monoisotopic (exact) mass is 297 g/mol. The first-order valence-electron chi connectivity index (χ1n) is 5.72. The van der Waals surface area contributed by atoms with Gasteiger partial charge in [-0.1, -0.05) is 6.08 Å². The third kappa shape index (κ3) is 4.00. The molecular weight excluding hydrogens is 284 g/mol. The van der Waals surface area contributed by atoms with Crippen LogP contribution in [0, 0.1) is 0 Å². The van der Waals surface area contributed by atoms with E-state index in [0.717, 1.165) is 0 Å². The smallest absolute Gasteiger partial charge is 0.324 e. The second-order valence-corrected chi connectivity index (χ2v) is 4.27. The van der Waals surface area contributed by atoms with E-state index in [2.05, 4.69) is 6.58 Å². The number of hydrogen-bond donors (Lipinski definition) is 1. The van der Waals surface area contributed by atoms with Gasteiger partial charge in [0.2, 0.25) is 0 Å². The second kappa shape index (κ2) is 5.87. The SMILES string of the molecule is C=CCC[C@H](N)c1cc(C(F)(F)F)ccc1C(F)(F)F. The van der Waals surface area contributed by atoms with Crippen molar-refractivity contribution in [1.29, 1.82) is 0 Å². The fourth-order valence-corrected chi connectivity index (χ4v) is 1.76. The highest BCUT2D eigenvalue weighted by Gasteiger charge is 2.37. The molecule has 0 radical (unpaired) electrons. The second-order valence-electron chi connectivity index (χ2n) is 4.27. The minimum absolute atomic E-state index is 0.0912. The summed E-state index contributed by atoms with van der Waals surface area (Å²) < 4.78 is 76.1. The van der Waals surface area contributed by atoms with Crippen molar-refractivity contribution in [3.63, 3.8) is 0 Å². The van der Waals surface area contributed by atoms with Crippen molar-refractivity contribution in [1.82, 2.24) is 0 Å². The standard InChI is InChI=1S/C13H13F6N/c1-2-3-4-11(20)9-7-8(12(14,15)16)5-6-10(9)13(17,18)19/h2,5-7,11H,1,3-4,20H2/t11-/m0/s1. The normalized spacial score (nSPS) is 14.2. The average molecular weight is 297 g/mol. The van der Waals surface area contributed by atoms with E-state index in [1.165, 1.54) is 6.08 Å². The zero-order chi connectivity index (χ0) is 15.6. The molecule has 0 aliphatic carbocycles. The zero-order valence-corrected chi connectivity index (χ0v) is 10.4. The van der Waals surface area contributed by atoms with Crippen LogP contribution in [-0.4, -0.2) is 0 Å². The van der Waals surface area contributed by atoms with Crippen molar-refractivity contribution >= 4 is 0 Å². The van der Waals surface area contributed by atoms with Gasteiger partial charge < -0.3 is 5.73 Å². The molecular formula is C13H13F6N. The quantitative estimate of drug-likeness (QED) is 0.633. The van der Waals surface area contributed by atoms with Crippen LogP contribution in [0.15, 0.2) is 30.9 Å². The predicted molar refractivity (Wildman–Crippen MR) is 62.8 cm³/mol. The summed E-state index contributed by atoms with van der Waals surface area (Å²) in [6, 6.07) is 0.168. The van der Waals surface area contributed by atoms with E-state index in [9.17, 15) is 26.3 Å². The van der Waals surface area contributed by atoms with E-state index in [-0.39, 0.29) is 6.42 Å². The Bertz CT molecular complexity index is 475. The predicted octanol–water partition coefficient (Wildman–Crippen LogP) is 4.69. The van der Waals surface area contributed by atoms with E-state index in [1.807, 2.05) is 0 Å². The molecule has 0 saturated heterocycles. The van der Waals surface area contributed by atoms with Gasteiger partial charge in [-0.05, 0) is 36.6 Å². The topological polar surface area (TPSA) is 26.0 Å². The lowest BCUT2D eigenvalue weighted by molar-refractivity contribution is -0.142. The maximum Gasteiger partial charge on any atom is 0.416 e. The van der Waals surface area contributed by atoms with Gasteiger partial charge in [-0.3, -0.25) is 0 Å². The Labute approximate surface area is 112 Å². The van der Waals surface area contributed by atoms with Gasteiger partial charge in [0.15, 0.2) is 0 Å². The lowest BCUT2D eigenvalue weighted by atomic mass is 9.94. The molecule has 1 atom stereocenters. The average Bonchev–Trinajstić information content (AvgIpc) is 2.33. The van der Waals surface area contributed by atoms with Crippen molar-refractivity contribution < 1.29 is 26.3 Å². The van der Waals surface area contributed by atoms with Gasteiger partial charge in [-0.15, -0.1) is 6.58 Å². The van der Waals surface area contributed by atoms with Crippen LogP contribution in [0.3, 0.4) is 0 Å². The van der Waals surface area contributed by atoms with Crippen LogP contribution in [0.1, 0.15) is 35.6 Å². The molecule has 0 bridgehead atoms. The van der Waals surface area contributed by atoms with Crippen molar-refractivity contribution in [2.45, 2.75) is 31.2 Å².